The Hall–Kier alpha value is -2.65. The van der Waals surface area contributed by atoms with E-state index >= 15 is 0 Å². The molecule has 0 aliphatic carbocycles. The van der Waals surface area contributed by atoms with E-state index in [-0.39, 0.29) is 5.63 Å². The molecule has 1 aromatic heterocycles. The van der Waals surface area contributed by atoms with Crippen LogP contribution in [-0.2, 0) is 0 Å². The van der Waals surface area contributed by atoms with Crippen LogP contribution in [0.15, 0.2) is 92.5 Å². The Morgan fingerprint density at radius 3 is 2.04 bits per heavy atom. The quantitative estimate of drug-likeness (QED) is 0.408. The molecule has 3 aromatic carbocycles. The first kappa shape index (κ1) is 14.9. The fraction of sp³-hybridized carbons (Fsp3) is 0. The first-order chi connectivity index (χ1) is 11.7. The summed E-state index contributed by atoms with van der Waals surface area (Å²) in [4.78, 5) is 12.7. The highest BCUT2D eigenvalue weighted by atomic mass is 79.9. The molecule has 0 aliphatic heterocycles. The Balaban J connectivity index is 2.14. The maximum atomic E-state index is 12.7. The second-order valence-corrected chi connectivity index (χ2v) is 6.42. The highest BCUT2D eigenvalue weighted by Gasteiger charge is 2.17. The minimum Gasteiger partial charge on any atom is -0.422 e. The molecule has 0 spiro atoms. The van der Waals surface area contributed by atoms with Crippen molar-refractivity contribution in [1.82, 2.24) is 0 Å². The smallest absolute Gasteiger partial charge is 0.344 e. The van der Waals surface area contributed by atoms with E-state index in [2.05, 4.69) is 15.9 Å². The Morgan fingerprint density at radius 2 is 1.29 bits per heavy atom. The molecule has 4 aromatic rings. The van der Waals surface area contributed by atoms with Gasteiger partial charge in [-0.05, 0) is 29.3 Å². The molecule has 24 heavy (non-hydrogen) atoms. The van der Waals surface area contributed by atoms with E-state index in [1.165, 1.54) is 0 Å². The van der Waals surface area contributed by atoms with E-state index in [1.54, 1.807) is 0 Å². The lowest BCUT2D eigenvalue weighted by Crippen LogP contribution is -2.06. The fourth-order valence-electron chi connectivity index (χ4n) is 2.93. The summed E-state index contributed by atoms with van der Waals surface area (Å²) in [6, 6.07) is 25.3. The van der Waals surface area contributed by atoms with Gasteiger partial charge < -0.3 is 4.42 Å². The molecule has 116 valence electrons. The molecule has 4 rings (SSSR count). The number of para-hydroxylation sites is 1. The standard InChI is InChI=1S/C21H13BrO2/c22-16-12-10-15(11-13-16)20-19(14-6-2-1-3-7-14)17-8-4-5-9-18(17)24-21(20)23/h1-13H. The number of fused-ring (bicyclic) bond motifs is 1. The molecule has 0 N–H and O–H groups in total. The topological polar surface area (TPSA) is 30.2 Å². The molecule has 0 fully saturated rings. The zero-order valence-corrected chi connectivity index (χ0v) is 14.3. The minimum absolute atomic E-state index is 0.324. The van der Waals surface area contributed by atoms with Crippen molar-refractivity contribution in [3.8, 4) is 22.3 Å². The van der Waals surface area contributed by atoms with Crippen molar-refractivity contribution >= 4 is 26.9 Å². The first-order valence-corrected chi connectivity index (χ1v) is 8.40. The van der Waals surface area contributed by atoms with Gasteiger partial charge in [-0.25, -0.2) is 4.79 Å². The van der Waals surface area contributed by atoms with Crippen LogP contribution in [0, 0.1) is 0 Å². The summed E-state index contributed by atoms with van der Waals surface area (Å²) >= 11 is 3.44. The molecule has 3 heteroatoms. The Morgan fingerprint density at radius 1 is 0.667 bits per heavy atom. The monoisotopic (exact) mass is 376 g/mol. The number of halogens is 1. The molecule has 0 atom stereocenters. The van der Waals surface area contributed by atoms with Crippen LogP contribution in [0.25, 0.3) is 33.2 Å². The Kier molecular flexibility index (Phi) is 3.79. The molecule has 0 amide bonds. The first-order valence-electron chi connectivity index (χ1n) is 7.61. The van der Waals surface area contributed by atoms with Crippen molar-refractivity contribution in [2.24, 2.45) is 0 Å². The van der Waals surface area contributed by atoms with Gasteiger partial charge in [-0.3, -0.25) is 0 Å². The van der Waals surface area contributed by atoms with Crippen molar-refractivity contribution in [2.45, 2.75) is 0 Å². The summed E-state index contributed by atoms with van der Waals surface area (Å²) in [6.07, 6.45) is 0. The van der Waals surface area contributed by atoms with Gasteiger partial charge in [-0.1, -0.05) is 76.6 Å². The fourth-order valence-corrected chi connectivity index (χ4v) is 3.20. The third-order valence-electron chi connectivity index (χ3n) is 4.01. The molecule has 0 saturated carbocycles. The van der Waals surface area contributed by atoms with Gasteiger partial charge in [0.2, 0.25) is 0 Å². The van der Waals surface area contributed by atoms with Crippen LogP contribution in [0.1, 0.15) is 0 Å². The van der Waals surface area contributed by atoms with Gasteiger partial charge in [0.25, 0.3) is 0 Å². The lowest BCUT2D eigenvalue weighted by atomic mass is 9.93. The molecule has 0 radical (unpaired) electrons. The largest absolute Gasteiger partial charge is 0.422 e. The predicted octanol–water partition coefficient (Wildman–Crippen LogP) is 5.89. The lowest BCUT2D eigenvalue weighted by Gasteiger charge is -2.12. The molecule has 2 nitrogen and oxygen atoms in total. The second kappa shape index (κ2) is 6.10. The average molecular weight is 377 g/mol. The van der Waals surface area contributed by atoms with E-state index in [1.807, 2.05) is 78.9 Å². The number of hydrogen-bond acceptors (Lipinski definition) is 2. The van der Waals surface area contributed by atoms with E-state index in [0.717, 1.165) is 26.5 Å². The summed E-state index contributed by atoms with van der Waals surface area (Å²) in [5.74, 6) is 0. The molecule has 0 unspecified atom stereocenters. The second-order valence-electron chi connectivity index (χ2n) is 5.51. The van der Waals surface area contributed by atoms with Crippen LogP contribution < -0.4 is 5.63 Å². The van der Waals surface area contributed by atoms with Crippen molar-refractivity contribution < 1.29 is 4.42 Å². The van der Waals surface area contributed by atoms with Gasteiger partial charge in [0, 0.05) is 15.4 Å². The number of rotatable bonds is 2. The average Bonchev–Trinajstić information content (AvgIpc) is 2.62. The van der Waals surface area contributed by atoms with Crippen LogP contribution in [0.5, 0.6) is 0 Å². The number of hydrogen-bond donors (Lipinski definition) is 0. The maximum Gasteiger partial charge on any atom is 0.344 e. The van der Waals surface area contributed by atoms with Crippen LogP contribution in [0.3, 0.4) is 0 Å². The van der Waals surface area contributed by atoms with Crippen molar-refractivity contribution in [2.75, 3.05) is 0 Å². The van der Waals surface area contributed by atoms with Crippen molar-refractivity contribution in [3.63, 3.8) is 0 Å². The summed E-state index contributed by atoms with van der Waals surface area (Å²) in [7, 11) is 0. The molecular weight excluding hydrogens is 364 g/mol. The third-order valence-corrected chi connectivity index (χ3v) is 4.54. The van der Waals surface area contributed by atoms with Gasteiger partial charge in [0.1, 0.15) is 5.58 Å². The van der Waals surface area contributed by atoms with Crippen LogP contribution in [-0.4, -0.2) is 0 Å². The summed E-state index contributed by atoms with van der Waals surface area (Å²) in [6.45, 7) is 0. The van der Waals surface area contributed by atoms with Gasteiger partial charge in [0.15, 0.2) is 0 Å². The van der Waals surface area contributed by atoms with Gasteiger partial charge in [0.05, 0.1) is 5.56 Å². The highest BCUT2D eigenvalue weighted by molar-refractivity contribution is 9.10. The molecule has 0 bridgehead atoms. The van der Waals surface area contributed by atoms with E-state index in [0.29, 0.717) is 11.1 Å². The van der Waals surface area contributed by atoms with Gasteiger partial charge >= 0.3 is 5.63 Å². The van der Waals surface area contributed by atoms with Crippen molar-refractivity contribution in [3.05, 3.63) is 93.8 Å². The van der Waals surface area contributed by atoms with Crippen LogP contribution in [0.4, 0.5) is 0 Å². The van der Waals surface area contributed by atoms with Gasteiger partial charge in [-0.2, -0.15) is 0 Å². The van der Waals surface area contributed by atoms with E-state index in [4.69, 9.17) is 4.42 Å². The predicted molar refractivity (Wildman–Crippen MR) is 101 cm³/mol. The summed E-state index contributed by atoms with van der Waals surface area (Å²) in [5, 5.41) is 0.932. The Labute approximate surface area is 147 Å². The molecule has 0 aliphatic rings. The van der Waals surface area contributed by atoms with E-state index in [9.17, 15) is 4.79 Å². The number of benzene rings is 3. The molecular formula is C21H13BrO2. The zero-order chi connectivity index (χ0) is 16.5. The maximum absolute atomic E-state index is 12.7. The zero-order valence-electron chi connectivity index (χ0n) is 12.7. The SMILES string of the molecule is O=c1oc2ccccc2c(-c2ccccc2)c1-c1ccc(Br)cc1. The summed E-state index contributed by atoms with van der Waals surface area (Å²) < 4.78 is 6.54. The van der Waals surface area contributed by atoms with Crippen molar-refractivity contribution in [1.29, 1.82) is 0 Å². The van der Waals surface area contributed by atoms with E-state index < -0.39 is 0 Å². The van der Waals surface area contributed by atoms with Crippen LogP contribution in [0.2, 0.25) is 0 Å². The normalized spacial score (nSPS) is 10.9. The lowest BCUT2D eigenvalue weighted by molar-refractivity contribution is 0.564. The highest BCUT2D eigenvalue weighted by Crippen LogP contribution is 2.35. The third kappa shape index (κ3) is 2.57. The molecule has 0 saturated heterocycles. The minimum atomic E-state index is -0.324. The van der Waals surface area contributed by atoms with Crippen LogP contribution >= 0.6 is 15.9 Å². The Bertz CT molecular complexity index is 1060. The molecule has 1 heterocycles. The summed E-state index contributed by atoms with van der Waals surface area (Å²) in [5.41, 5.74) is 3.62. The van der Waals surface area contributed by atoms with Gasteiger partial charge in [-0.15, -0.1) is 0 Å².